The van der Waals surface area contributed by atoms with Crippen molar-refractivity contribution in [3.05, 3.63) is 58.6 Å². The first-order valence-corrected chi connectivity index (χ1v) is 9.48. The minimum Gasteiger partial charge on any atom is -0.375 e. The van der Waals surface area contributed by atoms with Gasteiger partial charge in [-0.2, -0.15) is 0 Å². The van der Waals surface area contributed by atoms with Gasteiger partial charge in [0.05, 0.1) is 6.20 Å². The highest BCUT2D eigenvalue weighted by Crippen LogP contribution is 2.19. The average molecular weight is 368 g/mol. The minimum atomic E-state index is -0.105. The number of aromatic nitrogens is 4. The van der Waals surface area contributed by atoms with E-state index in [9.17, 15) is 4.79 Å². The highest BCUT2D eigenvalue weighted by molar-refractivity contribution is 7.17. The molecule has 3 heterocycles. The smallest absolute Gasteiger partial charge is 0.263 e. The molecule has 1 atom stereocenters. The fourth-order valence-corrected chi connectivity index (χ4v) is 3.84. The summed E-state index contributed by atoms with van der Waals surface area (Å²) in [5.74, 6) is 1.87. The molecular formula is C18H20N6OS. The van der Waals surface area contributed by atoms with Gasteiger partial charge in [0.25, 0.3) is 5.91 Å². The Morgan fingerprint density at radius 3 is 2.88 bits per heavy atom. The summed E-state index contributed by atoms with van der Waals surface area (Å²) in [4.78, 5) is 16.8. The van der Waals surface area contributed by atoms with Gasteiger partial charge in [0.1, 0.15) is 16.5 Å². The van der Waals surface area contributed by atoms with Crippen LogP contribution in [-0.4, -0.2) is 31.7 Å². The van der Waals surface area contributed by atoms with Gasteiger partial charge in [-0.3, -0.25) is 4.79 Å². The lowest BCUT2D eigenvalue weighted by molar-refractivity contribution is 0.0937. The van der Waals surface area contributed by atoms with Gasteiger partial charge in [-0.25, -0.2) is 4.98 Å². The summed E-state index contributed by atoms with van der Waals surface area (Å²) in [5, 5.41) is 12.2. The number of carbonyl (C=O) groups excluding carboxylic acids is 1. The van der Waals surface area contributed by atoms with Crippen LogP contribution in [0.5, 0.6) is 0 Å². The van der Waals surface area contributed by atoms with E-state index in [1.165, 1.54) is 23.1 Å². The molecule has 0 saturated heterocycles. The van der Waals surface area contributed by atoms with Crippen LogP contribution in [0.2, 0.25) is 0 Å². The van der Waals surface area contributed by atoms with E-state index in [1.54, 1.807) is 0 Å². The number of nitrogens with zero attached hydrogens (tertiary/aromatic N) is 4. The van der Waals surface area contributed by atoms with Crippen LogP contribution in [0.25, 0.3) is 0 Å². The highest BCUT2D eigenvalue weighted by Gasteiger charge is 2.22. The van der Waals surface area contributed by atoms with Crippen LogP contribution >= 0.6 is 11.3 Å². The number of benzene rings is 1. The molecule has 0 radical (unpaired) electrons. The van der Waals surface area contributed by atoms with Gasteiger partial charge in [-0.05, 0) is 18.4 Å². The van der Waals surface area contributed by atoms with Gasteiger partial charge >= 0.3 is 0 Å². The van der Waals surface area contributed by atoms with Gasteiger partial charge in [0.2, 0.25) is 0 Å². The first-order chi connectivity index (χ1) is 12.7. The standard InChI is InChI=1S/C18H20N6OS/c19-18-20-11-14(26-18)17(25)21-13-6-7-15-22-23-16(24(15)9-8-13)10-12-4-2-1-3-5-12/h1-5,11,13H,6-10H2,(H2,19,20)(H,21,25). The van der Waals surface area contributed by atoms with Gasteiger partial charge in [0.15, 0.2) is 5.13 Å². The molecule has 0 spiro atoms. The van der Waals surface area contributed by atoms with Crippen molar-refractivity contribution in [3.63, 3.8) is 0 Å². The van der Waals surface area contributed by atoms with Crippen LogP contribution in [0.15, 0.2) is 36.5 Å². The fraction of sp³-hybridized carbons (Fsp3) is 0.333. The van der Waals surface area contributed by atoms with Crippen LogP contribution in [-0.2, 0) is 19.4 Å². The SMILES string of the molecule is Nc1ncc(C(=O)NC2CCc3nnc(Cc4ccccc4)n3CC2)s1. The van der Waals surface area contributed by atoms with Gasteiger partial charge in [-0.1, -0.05) is 41.7 Å². The molecular weight excluding hydrogens is 348 g/mol. The van der Waals surface area contributed by atoms with Crippen LogP contribution in [0.3, 0.4) is 0 Å². The number of nitrogens with one attached hydrogen (secondary N) is 1. The summed E-state index contributed by atoms with van der Waals surface area (Å²) < 4.78 is 2.20. The number of aryl methyl sites for hydroxylation is 1. The average Bonchev–Trinajstić information content (AvgIpc) is 3.19. The van der Waals surface area contributed by atoms with Gasteiger partial charge < -0.3 is 15.6 Å². The molecule has 3 aromatic rings. The number of thiazole rings is 1. The third kappa shape index (κ3) is 3.60. The molecule has 134 valence electrons. The maximum absolute atomic E-state index is 12.3. The number of hydrogen-bond donors (Lipinski definition) is 2. The van der Waals surface area contributed by atoms with Crippen LogP contribution in [0, 0.1) is 0 Å². The van der Waals surface area contributed by atoms with Crippen molar-refractivity contribution in [2.24, 2.45) is 0 Å². The van der Waals surface area contributed by atoms with Crippen molar-refractivity contribution in [1.29, 1.82) is 0 Å². The summed E-state index contributed by atoms with van der Waals surface area (Å²) in [6.45, 7) is 0.806. The summed E-state index contributed by atoms with van der Waals surface area (Å²) in [6, 6.07) is 10.4. The molecule has 8 heteroatoms. The molecule has 1 aliphatic rings. The zero-order valence-corrected chi connectivity index (χ0v) is 15.1. The van der Waals surface area contributed by atoms with Crippen LogP contribution in [0.1, 0.15) is 39.7 Å². The Morgan fingerprint density at radius 2 is 2.12 bits per heavy atom. The number of rotatable bonds is 4. The Morgan fingerprint density at radius 1 is 1.27 bits per heavy atom. The molecule has 0 saturated carbocycles. The molecule has 7 nitrogen and oxygen atoms in total. The van der Waals surface area contributed by atoms with E-state index >= 15 is 0 Å². The molecule has 4 rings (SSSR count). The second kappa shape index (κ2) is 7.25. The Kier molecular flexibility index (Phi) is 4.66. The van der Waals surface area contributed by atoms with Crippen LogP contribution < -0.4 is 11.1 Å². The largest absolute Gasteiger partial charge is 0.375 e. The quantitative estimate of drug-likeness (QED) is 0.734. The molecule has 26 heavy (non-hydrogen) atoms. The second-order valence-electron chi connectivity index (χ2n) is 6.41. The second-order valence-corrected chi connectivity index (χ2v) is 7.47. The lowest BCUT2D eigenvalue weighted by atomic mass is 10.1. The van der Waals surface area contributed by atoms with E-state index in [4.69, 9.17) is 5.73 Å². The molecule has 1 amide bonds. The normalized spacial score (nSPS) is 16.7. The molecule has 1 aliphatic heterocycles. The number of nitrogen functional groups attached to an aromatic ring is 1. The van der Waals surface area contributed by atoms with Gasteiger partial charge in [0, 0.05) is 25.4 Å². The number of fused-ring (bicyclic) bond motifs is 1. The third-order valence-corrected chi connectivity index (χ3v) is 5.43. The van der Waals surface area contributed by atoms with E-state index in [0.29, 0.717) is 10.0 Å². The first-order valence-electron chi connectivity index (χ1n) is 8.66. The number of carbonyl (C=O) groups is 1. The van der Waals surface area contributed by atoms with E-state index < -0.39 is 0 Å². The predicted octanol–water partition coefficient (Wildman–Crippen LogP) is 2.04. The van der Waals surface area contributed by atoms with Crippen molar-refractivity contribution in [1.82, 2.24) is 25.1 Å². The number of amides is 1. The Hall–Kier alpha value is -2.74. The monoisotopic (exact) mass is 368 g/mol. The summed E-state index contributed by atoms with van der Waals surface area (Å²) in [5.41, 5.74) is 6.83. The summed E-state index contributed by atoms with van der Waals surface area (Å²) in [7, 11) is 0. The molecule has 2 aromatic heterocycles. The van der Waals surface area contributed by atoms with Crippen molar-refractivity contribution in [2.45, 2.75) is 38.3 Å². The lowest BCUT2D eigenvalue weighted by Crippen LogP contribution is -2.34. The van der Waals surface area contributed by atoms with Crippen molar-refractivity contribution in [3.8, 4) is 0 Å². The number of anilines is 1. The fourth-order valence-electron chi connectivity index (χ4n) is 3.25. The van der Waals surface area contributed by atoms with Crippen molar-refractivity contribution >= 4 is 22.4 Å². The molecule has 1 unspecified atom stereocenters. The zero-order valence-electron chi connectivity index (χ0n) is 14.3. The lowest BCUT2D eigenvalue weighted by Gasteiger charge is -2.15. The predicted molar refractivity (Wildman–Crippen MR) is 100.0 cm³/mol. The topological polar surface area (TPSA) is 98.7 Å². The molecule has 1 aromatic carbocycles. The van der Waals surface area contributed by atoms with E-state index in [1.807, 2.05) is 18.2 Å². The molecule has 3 N–H and O–H groups in total. The highest BCUT2D eigenvalue weighted by atomic mass is 32.1. The number of nitrogens with two attached hydrogens (primary N) is 1. The van der Waals surface area contributed by atoms with Crippen molar-refractivity contribution in [2.75, 3.05) is 5.73 Å². The van der Waals surface area contributed by atoms with Crippen LogP contribution in [0.4, 0.5) is 5.13 Å². The maximum Gasteiger partial charge on any atom is 0.263 e. The maximum atomic E-state index is 12.3. The van der Waals surface area contributed by atoms with Crippen molar-refractivity contribution < 1.29 is 4.79 Å². The van der Waals surface area contributed by atoms with E-state index in [2.05, 4.69) is 37.2 Å². The summed E-state index contributed by atoms with van der Waals surface area (Å²) >= 11 is 1.21. The van der Waals surface area contributed by atoms with E-state index in [0.717, 1.165) is 43.9 Å². The first kappa shape index (κ1) is 16.7. The van der Waals surface area contributed by atoms with Gasteiger partial charge in [-0.15, -0.1) is 10.2 Å². The Balaban J connectivity index is 1.42. The zero-order chi connectivity index (χ0) is 17.9. The third-order valence-electron chi connectivity index (χ3n) is 4.61. The Labute approximate surface area is 155 Å². The summed E-state index contributed by atoms with van der Waals surface area (Å²) in [6.07, 6.45) is 4.80. The Bertz CT molecular complexity index is 904. The molecule has 0 aliphatic carbocycles. The number of hydrogen-bond acceptors (Lipinski definition) is 6. The molecule has 0 bridgehead atoms. The molecule has 0 fully saturated rings. The van der Waals surface area contributed by atoms with E-state index in [-0.39, 0.29) is 11.9 Å². The minimum absolute atomic E-state index is 0.105.